The van der Waals surface area contributed by atoms with Crippen LogP contribution in [0.4, 0.5) is 11.4 Å². The third-order valence-electron chi connectivity index (χ3n) is 9.52. The van der Waals surface area contributed by atoms with Gasteiger partial charge in [0.05, 0.1) is 38.1 Å². The summed E-state index contributed by atoms with van der Waals surface area (Å²) in [6.45, 7) is 14.6. The molecule has 1 amide bonds. The van der Waals surface area contributed by atoms with Gasteiger partial charge in [-0.3, -0.25) is 14.7 Å². The van der Waals surface area contributed by atoms with E-state index in [0.29, 0.717) is 23.7 Å². The molecule has 3 aliphatic heterocycles. The van der Waals surface area contributed by atoms with Crippen LogP contribution in [0.5, 0.6) is 17.2 Å². The molecule has 0 saturated carbocycles. The predicted molar refractivity (Wildman–Crippen MR) is 177 cm³/mol. The molecule has 8 heteroatoms. The molecule has 0 bridgehead atoms. The molecule has 234 valence electrons. The lowest BCUT2D eigenvalue weighted by Gasteiger charge is -2.47. The van der Waals surface area contributed by atoms with Crippen LogP contribution in [0.25, 0.3) is 10.8 Å². The molecule has 3 heterocycles. The van der Waals surface area contributed by atoms with Gasteiger partial charge in [-0.05, 0) is 92.4 Å². The summed E-state index contributed by atoms with van der Waals surface area (Å²) < 4.78 is 17.6. The van der Waals surface area contributed by atoms with E-state index in [1.54, 1.807) is 14.2 Å². The molecule has 3 aromatic carbocycles. The van der Waals surface area contributed by atoms with Crippen molar-refractivity contribution in [3.63, 3.8) is 0 Å². The Hall–Kier alpha value is -3.78. The topological polar surface area (TPSA) is 66.8 Å². The van der Waals surface area contributed by atoms with E-state index in [9.17, 15) is 4.79 Å². The van der Waals surface area contributed by atoms with Crippen molar-refractivity contribution in [3.8, 4) is 17.2 Å². The molecule has 0 N–H and O–H groups in total. The highest BCUT2D eigenvalue weighted by atomic mass is 16.5. The first-order chi connectivity index (χ1) is 21.1. The van der Waals surface area contributed by atoms with Gasteiger partial charge in [-0.25, -0.2) is 0 Å². The molecular formula is C36H46N4O4. The number of carbonyl (C=O) groups excluding carboxylic acids is 1. The van der Waals surface area contributed by atoms with Gasteiger partial charge in [-0.1, -0.05) is 13.8 Å². The molecule has 3 aliphatic rings. The number of carbonyl (C=O) groups is 1. The zero-order chi connectivity index (χ0) is 31.1. The van der Waals surface area contributed by atoms with Gasteiger partial charge >= 0.3 is 0 Å². The highest BCUT2D eigenvalue weighted by Gasteiger charge is 2.36. The van der Waals surface area contributed by atoms with Crippen molar-refractivity contribution in [2.24, 2.45) is 10.4 Å². The van der Waals surface area contributed by atoms with Crippen LogP contribution in [0.1, 0.15) is 57.3 Å². The third kappa shape index (κ3) is 6.09. The van der Waals surface area contributed by atoms with E-state index in [1.807, 2.05) is 47.5 Å². The lowest BCUT2D eigenvalue weighted by molar-refractivity contribution is 0.0462. The number of methoxy groups -OCH3 is 2. The molecule has 2 saturated heterocycles. The van der Waals surface area contributed by atoms with Crippen molar-refractivity contribution < 1.29 is 19.0 Å². The average molecular weight is 599 g/mol. The lowest BCUT2D eigenvalue weighted by Crippen LogP contribution is -2.56. The van der Waals surface area contributed by atoms with E-state index in [1.165, 1.54) is 5.69 Å². The van der Waals surface area contributed by atoms with Crippen LogP contribution in [-0.4, -0.2) is 87.1 Å². The molecule has 0 radical (unpaired) electrons. The first-order valence-electron chi connectivity index (χ1n) is 15.8. The Balaban J connectivity index is 1.12. The fourth-order valence-corrected chi connectivity index (χ4v) is 7.34. The minimum Gasteiger partial charge on any atom is -0.497 e. The van der Waals surface area contributed by atoms with Crippen LogP contribution >= 0.6 is 0 Å². The summed E-state index contributed by atoms with van der Waals surface area (Å²) in [4.78, 5) is 25.0. The maximum atomic E-state index is 13.3. The number of hydrogen-bond acceptors (Lipinski definition) is 7. The van der Waals surface area contributed by atoms with Crippen LogP contribution in [0, 0.1) is 5.41 Å². The molecule has 6 rings (SSSR count). The van der Waals surface area contributed by atoms with Crippen molar-refractivity contribution in [2.45, 2.75) is 58.5 Å². The van der Waals surface area contributed by atoms with Crippen molar-refractivity contribution in [2.75, 3.05) is 58.5 Å². The highest BCUT2D eigenvalue weighted by Crippen LogP contribution is 2.39. The predicted octanol–water partition coefficient (Wildman–Crippen LogP) is 6.57. The molecule has 0 spiro atoms. The minimum absolute atomic E-state index is 0.0166. The maximum Gasteiger partial charge on any atom is 0.256 e. The van der Waals surface area contributed by atoms with Gasteiger partial charge in [0.1, 0.15) is 5.75 Å². The van der Waals surface area contributed by atoms with E-state index in [2.05, 4.69) is 49.6 Å². The molecule has 1 atom stereocenters. The molecule has 44 heavy (non-hydrogen) atoms. The number of piperazine rings is 1. The Morgan fingerprint density at radius 1 is 0.864 bits per heavy atom. The standard InChI is InChI=1S/C36H46N4O4/c1-35(2,23-36(3,4)39-16-14-38(15-17-39)27-9-11-29(42-5)12-10-27)24-44-33-21-26-19-31-30(18-25(26)20-32(33)43-6)34(41)40-13-7-8-28(40)22-37-31/h9-12,18-22,28H,7-8,13-17,23-24H2,1-6H3. The highest BCUT2D eigenvalue weighted by molar-refractivity contribution is 6.07. The van der Waals surface area contributed by atoms with Crippen LogP contribution in [0.15, 0.2) is 53.5 Å². The molecule has 0 aromatic heterocycles. The molecule has 8 nitrogen and oxygen atoms in total. The lowest BCUT2D eigenvalue weighted by atomic mass is 9.79. The number of anilines is 1. The number of hydrogen-bond donors (Lipinski definition) is 0. The van der Waals surface area contributed by atoms with Gasteiger partial charge in [0, 0.05) is 55.6 Å². The van der Waals surface area contributed by atoms with Crippen LogP contribution in [0.3, 0.4) is 0 Å². The summed E-state index contributed by atoms with van der Waals surface area (Å²) in [5.41, 5.74) is 2.57. The third-order valence-corrected chi connectivity index (χ3v) is 9.52. The van der Waals surface area contributed by atoms with Gasteiger partial charge in [-0.2, -0.15) is 0 Å². The smallest absolute Gasteiger partial charge is 0.256 e. The number of fused-ring (bicyclic) bond motifs is 3. The number of ether oxygens (including phenoxy) is 3. The summed E-state index contributed by atoms with van der Waals surface area (Å²) in [6.07, 6.45) is 4.92. The van der Waals surface area contributed by atoms with Crippen molar-refractivity contribution >= 4 is 34.3 Å². The number of aliphatic imine (C=N–C) groups is 1. The number of nitrogens with zero attached hydrogens (tertiary/aromatic N) is 4. The van der Waals surface area contributed by atoms with Crippen LogP contribution < -0.4 is 19.1 Å². The zero-order valence-electron chi connectivity index (χ0n) is 27.1. The normalized spacial score (nSPS) is 19.1. The SMILES string of the molecule is COc1ccc(N2CCN(C(C)(C)CC(C)(C)COc3cc4cc5c(cc4cc3OC)C(=O)N3CCCC3C=N5)CC2)cc1. The van der Waals surface area contributed by atoms with E-state index in [0.717, 1.165) is 74.2 Å². The summed E-state index contributed by atoms with van der Waals surface area (Å²) >= 11 is 0. The molecule has 0 aliphatic carbocycles. The summed E-state index contributed by atoms with van der Waals surface area (Å²) in [7, 11) is 3.37. The Bertz CT molecular complexity index is 1540. The maximum absolute atomic E-state index is 13.3. The van der Waals surface area contributed by atoms with Crippen LogP contribution in [0.2, 0.25) is 0 Å². The second-order valence-electron chi connectivity index (χ2n) is 13.8. The average Bonchev–Trinajstić information content (AvgIpc) is 3.45. The van der Waals surface area contributed by atoms with Gasteiger partial charge in [-0.15, -0.1) is 0 Å². The molecular weight excluding hydrogens is 552 g/mol. The minimum atomic E-state index is -0.0761. The molecule has 3 aromatic rings. The molecule has 1 unspecified atom stereocenters. The fourth-order valence-electron chi connectivity index (χ4n) is 7.34. The van der Waals surface area contributed by atoms with Gasteiger partial charge in [0.25, 0.3) is 5.91 Å². The Kier molecular flexibility index (Phi) is 8.22. The number of rotatable bonds is 9. The summed E-state index contributed by atoms with van der Waals surface area (Å²) in [5.74, 6) is 2.33. The quantitative estimate of drug-likeness (QED) is 0.278. The Labute approximate surface area is 261 Å². The summed E-state index contributed by atoms with van der Waals surface area (Å²) in [6, 6.07) is 16.4. The van der Waals surface area contributed by atoms with Gasteiger partial charge < -0.3 is 24.0 Å². The van der Waals surface area contributed by atoms with Crippen molar-refractivity contribution in [3.05, 3.63) is 54.1 Å². The fraction of sp³-hybridized carbons (Fsp3) is 0.500. The second kappa shape index (κ2) is 12.0. The monoisotopic (exact) mass is 598 g/mol. The number of amides is 1. The van der Waals surface area contributed by atoms with Crippen LogP contribution in [-0.2, 0) is 0 Å². The van der Waals surface area contributed by atoms with E-state index < -0.39 is 0 Å². The van der Waals surface area contributed by atoms with E-state index >= 15 is 0 Å². The first-order valence-corrected chi connectivity index (χ1v) is 15.8. The van der Waals surface area contributed by atoms with E-state index in [-0.39, 0.29) is 22.9 Å². The summed E-state index contributed by atoms with van der Waals surface area (Å²) in [5, 5.41) is 1.93. The molecule has 2 fully saturated rings. The first kappa shape index (κ1) is 30.3. The Morgan fingerprint density at radius 2 is 1.57 bits per heavy atom. The zero-order valence-corrected chi connectivity index (χ0v) is 27.1. The van der Waals surface area contributed by atoms with Crippen molar-refractivity contribution in [1.29, 1.82) is 0 Å². The van der Waals surface area contributed by atoms with Gasteiger partial charge in [0.15, 0.2) is 11.5 Å². The number of benzene rings is 3. The van der Waals surface area contributed by atoms with Gasteiger partial charge in [0.2, 0.25) is 0 Å². The largest absolute Gasteiger partial charge is 0.497 e. The second-order valence-corrected chi connectivity index (χ2v) is 13.8. The van der Waals surface area contributed by atoms with Crippen molar-refractivity contribution in [1.82, 2.24) is 9.80 Å². The Morgan fingerprint density at radius 3 is 2.27 bits per heavy atom. The van der Waals surface area contributed by atoms with E-state index in [4.69, 9.17) is 19.2 Å².